The maximum absolute atomic E-state index is 12.8. The smallest absolute Gasteiger partial charge is 0.266 e. The number of hydrogen-bond donors (Lipinski definition) is 1. The van der Waals surface area contributed by atoms with Crippen LogP contribution in [-0.2, 0) is 11.2 Å². The van der Waals surface area contributed by atoms with E-state index < -0.39 is 5.91 Å². The predicted molar refractivity (Wildman–Crippen MR) is 140 cm³/mol. The Labute approximate surface area is 211 Å². The van der Waals surface area contributed by atoms with Crippen molar-refractivity contribution in [2.75, 3.05) is 11.9 Å². The van der Waals surface area contributed by atoms with Gasteiger partial charge in [-0.15, -0.1) is 0 Å². The highest BCUT2D eigenvalue weighted by Gasteiger charge is 2.15. The van der Waals surface area contributed by atoms with Crippen LogP contribution in [0.1, 0.15) is 34.7 Å². The highest BCUT2D eigenvalue weighted by Crippen LogP contribution is 2.34. The van der Waals surface area contributed by atoms with Crippen molar-refractivity contribution in [3.63, 3.8) is 0 Å². The number of halogens is 2. The molecule has 168 valence electrons. The molecule has 0 saturated heterocycles. The first-order chi connectivity index (χ1) is 15.8. The van der Waals surface area contributed by atoms with Gasteiger partial charge in [0.15, 0.2) is 0 Å². The van der Waals surface area contributed by atoms with Crippen LogP contribution >= 0.6 is 31.9 Å². The zero-order chi connectivity index (χ0) is 24.0. The molecule has 0 aliphatic carbocycles. The van der Waals surface area contributed by atoms with Crippen molar-refractivity contribution in [2.24, 2.45) is 0 Å². The summed E-state index contributed by atoms with van der Waals surface area (Å²) < 4.78 is 7.79. The Hall–Kier alpha value is -2.88. The molecule has 4 nitrogen and oxygen atoms in total. The van der Waals surface area contributed by atoms with Crippen molar-refractivity contribution in [3.8, 4) is 11.8 Å². The third-order valence-electron chi connectivity index (χ3n) is 5.33. The summed E-state index contributed by atoms with van der Waals surface area (Å²) in [7, 11) is 0. The molecule has 0 aliphatic heterocycles. The van der Waals surface area contributed by atoms with Gasteiger partial charge in [-0.1, -0.05) is 62.2 Å². The van der Waals surface area contributed by atoms with Crippen LogP contribution in [0.3, 0.4) is 0 Å². The highest BCUT2D eigenvalue weighted by atomic mass is 79.9. The largest absolute Gasteiger partial charge is 0.494 e. The number of nitrogens with zero attached hydrogens (tertiary/aromatic N) is 1. The zero-order valence-electron chi connectivity index (χ0n) is 18.7. The number of aryl methyl sites for hydroxylation is 1. The first kappa shape index (κ1) is 24.8. The van der Waals surface area contributed by atoms with Crippen molar-refractivity contribution in [1.82, 2.24) is 0 Å². The van der Waals surface area contributed by atoms with E-state index >= 15 is 0 Å². The van der Waals surface area contributed by atoms with Gasteiger partial charge in [-0.2, -0.15) is 5.26 Å². The lowest BCUT2D eigenvalue weighted by molar-refractivity contribution is -0.112. The summed E-state index contributed by atoms with van der Waals surface area (Å²) in [6.07, 6.45) is 2.25. The molecule has 33 heavy (non-hydrogen) atoms. The summed E-state index contributed by atoms with van der Waals surface area (Å²) in [6, 6.07) is 19.5. The molecule has 0 atom stereocenters. The molecule has 1 amide bonds. The van der Waals surface area contributed by atoms with Gasteiger partial charge in [0.25, 0.3) is 5.91 Å². The van der Waals surface area contributed by atoms with Gasteiger partial charge in [-0.05, 0) is 73.4 Å². The lowest BCUT2D eigenvalue weighted by atomic mass is 10.0. The fourth-order valence-electron chi connectivity index (χ4n) is 3.39. The van der Waals surface area contributed by atoms with Gasteiger partial charge in [-0.3, -0.25) is 4.79 Å². The Kier molecular flexibility index (Phi) is 8.49. The van der Waals surface area contributed by atoms with Crippen molar-refractivity contribution in [3.05, 3.63) is 96.9 Å². The number of amides is 1. The maximum Gasteiger partial charge on any atom is 0.266 e. The van der Waals surface area contributed by atoms with E-state index in [-0.39, 0.29) is 5.57 Å². The van der Waals surface area contributed by atoms with Crippen molar-refractivity contribution < 1.29 is 9.53 Å². The highest BCUT2D eigenvalue weighted by molar-refractivity contribution is 9.10. The molecule has 0 spiro atoms. The van der Waals surface area contributed by atoms with Crippen molar-refractivity contribution in [1.29, 1.82) is 5.26 Å². The van der Waals surface area contributed by atoms with Crippen LogP contribution in [0.15, 0.2) is 69.1 Å². The second kappa shape index (κ2) is 11.3. The van der Waals surface area contributed by atoms with Crippen LogP contribution in [0.2, 0.25) is 0 Å². The van der Waals surface area contributed by atoms with E-state index in [2.05, 4.69) is 43.2 Å². The second-order valence-corrected chi connectivity index (χ2v) is 9.26. The van der Waals surface area contributed by atoms with Gasteiger partial charge in [0.1, 0.15) is 17.4 Å². The molecule has 0 unspecified atom stereocenters. The van der Waals surface area contributed by atoms with E-state index in [1.165, 1.54) is 0 Å². The number of hydrogen-bond acceptors (Lipinski definition) is 3. The van der Waals surface area contributed by atoms with E-state index in [4.69, 9.17) is 4.74 Å². The molecule has 0 aliphatic rings. The van der Waals surface area contributed by atoms with E-state index in [9.17, 15) is 10.1 Å². The van der Waals surface area contributed by atoms with E-state index in [0.29, 0.717) is 30.0 Å². The van der Waals surface area contributed by atoms with Gasteiger partial charge in [0, 0.05) is 26.6 Å². The summed E-state index contributed by atoms with van der Waals surface area (Å²) >= 11 is 7.27. The summed E-state index contributed by atoms with van der Waals surface area (Å²) in [6.45, 7) is 6.35. The molecule has 0 radical (unpaired) electrons. The van der Waals surface area contributed by atoms with E-state index in [1.54, 1.807) is 6.08 Å². The molecule has 0 fully saturated rings. The lowest BCUT2D eigenvalue weighted by Crippen LogP contribution is -2.14. The first-order valence-corrected chi connectivity index (χ1v) is 12.1. The Morgan fingerprint density at radius 1 is 1.09 bits per heavy atom. The number of nitrogens with one attached hydrogen (secondary N) is 1. The van der Waals surface area contributed by atoms with Crippen molar-refractivity contribution >= 4 is 49.5 Å². The number of nitriles is 1. The molecule has 3 rings (SSSR count). The van der Waals surface area contributed by atoms with Crippen LogP contribution in [0.5, 0.6) is 5.75 Å². The quantitative estimate of drug-likeness (QED) is 0.239. The molecule has 0 heterocycles. The molecule has 3 aromatic carbocycles. The first-order valence-electron chi connectivity index (χ1n) is 10.5. The fourth-order valence-corrected chi connectivity index (χ4v) is 4.42. The number of benzene rings is 3. The summed E-state index contributed by atoms with van der Waals surface area (Å²) in [5, 5.41) is 12.5. The van der Waals surface area contributed by atoms with Gasteiger partial charge in [0.2, 0.25) is 0 Å². The van der Waals surface area contributed by atoms with Gasteiger partial charge in [0.05, 0.1) is 6.61 Å². The summed E-state index contributed by atoms with van der Waals surface area (Å²) in [5.41, 5.74) is 5.59. The van der Waals surface area contributed by atoms with Crippen LogP contribution in [0.25, 0.3) is 6.08 Å². The average molecular weight is 568 g/mol. The fraction of sp³-hybridized carbons (Fsp3) is 0.185. The summed E-state index contributed by atoms with van der Waals surface area (Å²) in [4.78, 5) is 12.8. The number of ether oxygens (including phenoxy) is 1. The monoisotopic (exact) mass is 566 g/mol. The van der Waals surface area contributed by atoms with Crippen LogP contribution < -0.4 is 10.1 Å². The van der Waals surface area contributed by atoms with Crippen LogP contribution in [0, 0.1) is 25.2 Å². The molecular formula is C27H24Br2N2O2. The maximum atomic E-state index is 12.8. The Balaban J connectivity index is 1.94. The number of rotatable bonds is 7. The molecule has 6 heteroatoms. The average Bonchev–Trinajstić information content (AvgIpc) is 2.79. The molecule has 1 N–H and O–H groups in total. The normalized spacial score (nSPS) is 11.1. The molecular weight excluding hydrogens is 544 g/mol. The van der Waals surface area contributed by atoms with Gasteiger partial charge >= 0.3 is 0 Å². The Morgan fingerprint density at radius 3 is 2.55 bits per heavy atom. The SMILES string of the molecule is CCOc1cc(/C=C(\C#N)C(=O)Nc2cccc(C)c2C)cc(Br)c1Cc1ccccc1Br. The van der Waals surface area contributed by atoms with Crippen molar-refractivity contribution in [2.45, 2.75) is 27.2 Å². The lowest BCUT2D eigenvalue weighted by Gasteiger charge is -2.15. The van der Waals surface area contributed by atoms with Crippen LogP contribution in [-0.4, -0.2) is 12.5 Å². The van der Waals surface area contributed by atoms with Gasteiger partial charge < -0.3 is 10.1 Å². The standard InChI is InChI=1S/C27H24Br2N2O2/c1-4-33-26-14-19(13-24(29)22(26)15-20-9-5-6-10-23(20)28)12-21(16-30)27(32)31-25-11-7-8-17(2)18(25)3/h5-14H,4,15H2,1-3H3,(H,31,32)/b21-12+. The zero-order valence-corrected chi connectivity index (χ0v) is 21.9. The topological polar surface area (TPSA) is 62.1 Å². The third kappa shape index (κ3) is 6.13. The van der Waals surface area contributed by atoms with Crippen LogP contribution in [0.4, 0.5) is 5.69 Å². The minimum atomic E-state index is -0.447. The molecule has 3 aromatic rings. The van der Waals surface area contributed by atoms with E-state index in [1.807, 2.05) is 75.4 Å². The van der Waals surface area contributed by atoms with E-state index in [0.717, 1.165) is 31.2 Å². The summed E-state index contributed by atoms with van der Waals surface area (Å²) in [5.74, 6) is 0.263. The Bertz CT molecular complexity index is 1260. The number of carbonyl (C=O) groups is 1. The molecule has 0 saturated carbocycles. The Morgan fingerprint density at radius 2 is 1.85 bits per heavy atom. The number of carbonyl (C=O) groups excluding carboxylic acids is 1. The predicted octanol–water partition coefficient (Wildman–Crippen LogP) is 7.36. The minimum absolute atomic E-state index is 0.0174. The van der Waals surface area contributed by atoms with Gasteiger partial charge in [-0.25, -0.2) is 0 Å². The number of anilines is 1. The third-order valence-corrected chi connectivity index (χ3v) is 6.81. The molecule has 0 bridgehead atoms. The second-order valence-electron chi connectivity index (χ2n) is 7.55. The minimum Gasteiger partial charge on any atom is -0.494 e. The molecule has 0 aromatic heterocycles.